The van der Waals surface area contributed by atoms with Crippen LogP contribution in [0.3, 0.4) is 0 Å². The zero-order chi connectivity index (χ0) is 78.9. The van der Waals surface area contributed by atoms with Crippen molar-refractivity contribution in [2.75, 3.05) is 0 Å². The van der Waals surface area contributed by atoms with Crippen LogP contribution in [0.15, 0.2) is 429 Å². The fraction of sp³-hybridized carbons (Fsp3) is 0. The second kappa shape index (κ2) is 27.8. The van der Waals surface area contributed by atoms with Gasteiger partial charge in [-0.25, -0.2) is 4.98 Å². The van der Waals surface area contributed by atoms with Gasteiger partial charge in [0, 0.05) is 98.5 Å². The molecule has 0 N–H and O–H groups in total. The Bertz CT molecular complexity index is 8330. The summed E-state index contributed by atoms with van der Waals surface area (Å²) in [5.41, 5.74) is 29.1. The van der Waals surface area contributed by atoms with Gasteiger partial charge in [0.2, 0.25) is 5.95 Å². The topological polar surface area (TPSA) is 76.5 Å². The van der Waals surface area contributed by atoms with Crippen LogP contribution in [0, 0.1) is 0 Å². The summed E-state index contributed by atoms with van der Waals surface area (Å²) in [6.07, 6.45) is 0. The molecule has 9 nitrogen and oxygen atoms in total. The van der Waals surface area contributed by atoms with Gasteiger partial charge in [-0.05, 0) is 202 Å². The lowest BCUT2D eigenvalue weighted by Crippen LogP contribution is -2.06. The van der Waals surface area contributed by atoms with E-state index < -0.39 is 0 Å². The van der Waals surface area contributed by atoms with Crippen molar-refractivity contribution in [3.63, 3.8) is 0 Å². The highest BCUT2D eigenvalue weighted by molar-refractivity contribution is 6.17. The molecule has 0 fully saturated rings. The monoisotopic (exact) mass is 1530 g/mol. The number of rotatable bonds is 11. The van der Waals surface area contributed by atoms with E-state index in [0.29, 0.717) is 17.6 Å². The van der Waals surface area contributed by atoms with Crippen LogP contribution in [0.2, 0.25) is 0 Å². The van der Waals surface area contributed by atoms with Crippen LogP contribution in [-0.2, 0) is 0 Å². The van der Waals surface area contributed by atoms with Crippen molar-refractivity contribution in [1.29, 1.82) is 0 Å². The largest absolute Gasteiger partial charge is 0.456 e. The number of aromatic nitrogens is 8. The van der Waals surface area contributed by atoms with Gasteiger partial charge in [-0.3, -0.25) is 4.57 Å². The minimum Gasteiger partial charge on any atom is -0.456 e. The number of benzene rings is 18. The Morgan fingerprint density at radius 2 is 0.408 bits per heavy atom. The Hall–Kier alpha value is -16.2. The van der Waals surface area contributed by atoms with Crippen LogP contribution in [0.4, 0.5) is 0 Å². The van der Waals surface area contributed by atoms with Crippen molar-refractivity contribution in [3.05, 3.63) is 425 Å². The third-order valence-electron chi connectivity index (χ3n) is 24.2. The summed E-state index contributed by atoms with van der Waals surface area (Å²) in [4.78, 5) is 15.5. The molecule has 0 unspecified atom stereocenters. The Labute approximate surface area is 689 Å². The van der Waals surface area contributed by atoms with Gasteiger partial charge >= 0.3 is 0 Å². The normalized spacial score (nSPS) is 11.8. The number of para-hydroxylation sites is 6. The molecule has 0 radical (unpaired) electrons. The van der Waals surface area contributed by atoms with Crippen LogP contribution >= 0.6 is 0 Å². The highest BCUT2D eigenvalue weighted by Crippen LogP contribution is 2.45. The summed E-state index contributed by atoms with van der Waals surface area (Å²) in [5.74, 6) is 1.80. The molecule has 0 spiro atoms. The Kier molecular flexibility index (Phi) is 15.8. The first-order valence-corrected chi connectivity index (χ1v) is 40.8. The second-order valence-electron chi connectivity index (χ2n) is 31.0. The number of hydrogen-bond acceptors (Lipinski definition) is 4. The maximum absolute atomic E-state index is 6.14. The van der Waals surface area contributed by atoms with Gasteiger partial charge in [0.15, 0.2) is 11.6 Å². The van der Waals surface area contributed by atoms with Crippen LogP contribution in [0.1, 0.15) is 0 Å². The second-order valence-corrected chi connectivity index (χ2v) is 31.0. The fourth-order valence-corrected chi connectivity index (χ4v) is 18.7. The molecular formula is C111H70N8O. The standard InChI is InChI=1S/C69H44N6.C42H26N2O/c1-6-18-45(19-7-1)49-30-35-62-56(40-49)57-42-51(32-36-63(57)74(62)54-34-39-64-60(44-54)55-28-16-17-29-61(55)73(64)53-26-14-5-15-27-53)52-33-38-66-59(43-52)58-41-50(46-20-8-2-9-21-46)31-37-65(58)75(66)69-71-67(47-22-10-3-11-23-47)70-68(72-69)48-24-12-4-13-25-48;1-2-10-29(11-3-1)43-37-15-7-4-12-31(37)34-24-27(18-21-39(34)43)28-19-22-40-35(25-28)32-13-5-8-16-38(32)44(40)30-20-23-42-36(26-30)33-14-6-9-17-41(33)45-42/h1-44H;1-26H. The van der Waals surface area contributed by atoms with E-state index in [2.05, 4.69) is 399 Å². The lowest BCUT2D eigenvalue weighted by molar-refractivity contribution is 0.669. The smallest absolute Gasteiger partial charge is 0.238 e. The zero-order valence-electron chi connectivity index (χ0n) is 64.9. The summed E-state index contributed by atoms with van der Waals surface area (Å²) >= 11 is 0. The Balaban J connectivity index is 0.000000154. The molecule has 0 amide bonds. The molecule has 25 aromatic rings. The van der Waals surface area contributed by atoms with Crippen LogP contribution < -0.4 is 0 Å². The van der Waals surface area contributed by atoms with E-state index in [1.54, 1.807) is 0 Å². The van der Waals surface area contributed by atoms with E-state index >= 15 is 0 Å². The predicted molar refractivity (Wildman–Crippen MR) is 498 cm³/mol. The van der Waals surface area contributed by atoms with Crippen molar-refractivity contribution in [2.24, 2.45) is 0 Å². The summed E-state index contributed by atoms with van der Waals surface area (Å²) in [6.45, 7) is 0. The summed E-state index contributed by atoms with van der Waals surface area (Å²) in [7, 11) is 0. The van der Waals surface area contributed by atoms with Crippen molar-refractivity contribution in [2.45, 2.75) is 0 Å². The predicted octanol–water partition coefficient (Wildman–Crippen LogP) is 28.9. The van der Waals surface area contributed by atoms with Crippen molar-refractivity contribution < 1.29 is 4.42 Å². The molecule has 120 heavy (non-hydrogen) atoms. The number of hydrogen-bond donors (Lipinski definition) is 0. The van der Waals surface area contributed by atoms with Gasteiger partial charge in [0.1, 0.15) is 11.2 Å². The van der Waals surface area contributed by atoms with E-state index in [1.165, 1.54) is 104 Å². The molecule has 0 aliphatic rings. The van der Waals surface area contributed by atoms with Crippen molar-refractivity contribution in [1.82, 2.24) is 37.8 Å². The Morgan fingerprint density at radius 3 is 0.800 bits per heavy atom. The SMILES string of the molecule is c1ccc(-c2ccc3c(c2)c2cc(-c4ccc5c(c4)c4cc(-c6ccccc6)ccc4n5-c4nc(-c5ccccc5)nc(-c5ccccc5)n4)ccc2n3-c2ccc3c(c2)c2ccccc2n3-c2ccccc2)cc1.c1ccc(-n2c3ccccc3c3cc(-c4ccc5c(c4)c4ccccc4n5-c4ccc5oc6ccccc6c5c4)ccc32)cc1. The molecule has 9 heteroatoms. The van der Waals surface area contributed by atoms with Gasteiger partial charge in [-0.15, -0.1) is 0 Å². The van der Waals surface area contributed by atoms with E-state index in [4.69, 9.17) is 19.4 Å². The molecule has 7 heterocycles. The highest BCUT2D eigenvalue weighted by atomic mass is 16.3. The summed E-state index contributed by atoms with van der Waals surface area (Å²) < 4.78 is 17.9. The van der Waals surface area contributed by atoms with E-state index in [0.717, 1.165) is 105 Å². The lowest BCUT2D eigenvalue weighted by Gasteiger charge is -2.11. The van der Waals surface area contributed by atoms with E-state index in [1.807, 2.05) is 48.5 Å². The van der Waals surface area contributed by atoms with Gasteiger partial charge < -0.3 is 22.7 Å². The third-order valence-corrected chi connectivity index (χ3v) is 24.2. The van der Waals surface area contributed by atoms with Crippen molar-refractivity contribution in [3.8, 4) is 96.0 Å². The number of furan rings is 1. The molecule has 0 saturated carbocycles. The van der Waals surface area contributed by atoms with E-state index in [-0.39, 0.29) is 0 Å². The minimum atomic E-state index is 0.564. The zero-order valence-corrected chi connectivity index (χ0v) is 64.9. The molecule has 0 bridgehead atoms. The number of fused-ring (bicyclic) bond motifs is 18. The van der Waals surface area contributed by atoms with Gasteiger partial charge in [-0.1, -0.05) is 267 Å². The lowest BCUT2D eigenvalue weighted by atomic mass is 9.98. The van der Waals surface area contributed by atoms with Gasteiger partial charge in [-0.2, -0.15) is 9.97 Å². The van der Waals surface area contributed by atoms with Gasteiger partial charge in [0.05, 0.1) is 55.2 Å². The summed E-state index contributed by atoms with van der Waals surface area (Å²) in [6, 6.07) is 152. The van der Waals surface area contributed by atoms with Crippen molar-refractivity contribution >= 4 is 131 Å². The third kappa shape index (κ3) is 11.2. The maximum Gasteiger partial charge on any atom is 0.238 e. The molecule has 0 atom stereocenters. The molecule has 18 aromatic carbocycles. The molecule has 7 aromatic heterocycles. The molecule has 0 aliphatic heterocycles. The average molecular weight is 1530 g/mol. The first kappa shape index (κ1) is 68.2. The van der Waals surface area contributed by atoms with Crippen LogP contribution in [0.25, 0.3) is 227 Å². The first-order chi connectivity index (χ1) is 59.5. The molecule has 25 rings (SSSR count). The van der Waals surface area contributed by atoms with Crippen LogP contribution in [0.5, 0.6) is 0 Å². The molecule has 0 aliphatic carbocycles. The van der Waals surface area contributed by atoms with Gasteiger partial charge in [0.25, 0.3) is 0 Å². The quantitative estimate of drug-likeness (QED) is 0.129. The maximum atomic E-state index is 6.14. The molecule has 0 saturated heterocycles. The molecule has 560 valence electrons. The summed E-state index contributed by atoms with van der Waals surface area (Å²) in [5, 5.41) is 14.3. The van der Waals surface area contributed by atoms with E-state index in [9.17, 15) is 0 Å². The fourth-order valence-electron chi connectivity index (χ4n) is 18.7. The molecular weight excluding hydrogens is 1460 g/mol. The highest BCUT2D eigenvalue weighted by Gasteiger charge is 2.24. The first-order valence-electron chi connectivity index (χ1n) is 40.8. The minimum absolute atomic E-state index is 0.564. The van der Waals surface area contributed by atoms with Crippen LogP contribution in [-0.4, -0.2) is 37.8 Å². The number of nitrogens with zero attached hydrogens (tertiary/aromatic N) is 8. The Morgan fingerprint density at radius 1 is 0.150 bits per heavy atom. The average Bonchev–Trinajstić information content (AvgIpc) is 1.59.